The van der Waals surface area contributed by atoms with E-state index in [0.29, 0.717) is 10.8 Å². The van der Waals surface area contributed by atoms with Crippen molar-refractivity contribution in [3.05, 3.63) is 52.0 Å². The lowest BCUT2D eigenvalue weighted by Crippen LogP contribution is -2.28. The Bertz CT molecular complexity index is 527. The van der Waals surface area contributed by atoms with Gasteiger partial charge < -0.3 is 5.32 Å². The molecule has 1 aromatic heterocycles. The number of alkyl halides is 1. The van der Waals surface area contributed by atoms with E-state index in [1.54, 1.807) is 6.20 Å². The van der Waals surface area contributed by atoms with Gasteiger partial charge in [-0.25, -0.2) is 4.98 Å². The van der Waals surface area contributed by atoms with E-state index in [1.807, 2.05) is 37.3 Å². The molecule has 1 heterocycles. The number of thiazole rings is 1. The first-order valence-corrected chi connectivity index (χ1v) is 6.90. The molecule has 2 rings (SSSR count). The zero-order valence-electron chi connectivity index (χ0n) is 9.89. The van der Waals surface area contributed by atoms with Gasteiger partial charge in [-0.05, 0) is 12.5 Å². The first kappa shape index (κ1) is 13.1. The van der Waals surface area contributed by atoms with Crippen molar-refractivity contribution in [2.75, 3.05) is 5.88 Å². The van der Waals surface area contributed by atoms with E-state index in [4.69, 9.17) is 11.6 Å². The minimum absolute atomic E-state index is 0.130. The van der Waals surface area contributed by atoms with Gasteiger partial charge in [-0.3, -0.25) is 4.79 Å². The van der Waals surface area contributed by atoms with Crippen LogP contribution in [0.2, 0.25) is 0 Å². The maximum Gasteiger partial charge on any atom is 0.263 e. The van der Waals surface area contributed by atoms with E-state index in [-0.39, 0.29) is 11.9 Å². The number of hydrogen-bond donors (Lipinski definition) is 1. The van der Waals surface area contributed by atoms with E-state index < -0.39 is 0 Å². The van der Waals surface area contributed by atoms with Crippen LogP contribution in [-0.4, -0.2) is 16.8 Å². The van der Waals surface area contributed by atoms with Gasteiger partial charge in [0.05, 0.1) is 17.2 Å². The van der Waals surface area contributed by atoms with Crippen LogP contribution >= 0.6 is 22.9 Å². The third-order valence-corrected chi connectivity index (χ3v) is 3.73. The van der Waals surface area contributed by atoms with Gasteiger partial charge in [0.1, 0.15) is 4.88 Å². The number of hydrogen-bond acceptors (Lipinski definition) is 3. The summed E-state index contributed by atoms with van der Waals surface area (Å²) in [5, 5.41) is 3.79. The smallest absolute Gasteiger partial charge is 0.263 e. The molecule has 94 valence electrons. The Morgan fingerprint density at radius 2 is 2.17 bits per heavy atom. The van der Waals surface area contributed by atoms with Crippen molar-refractivity contribution in [3.8, 4) is 0 Å². The molecule has 1 unspecified atom stereocenters. The Kier molecular flexibility index (Phi) is 4.33. The van der Waals surface area contributed by atoms with Gasteiger partial charge in [-0.1, -0.05) is 30.3 Å². The van der Waals surface area contributed by atoms with Crippen LogP contribution in [0.25, 0.3) is 0 Å². The van der Waals surface area contributed by atoms with Crippen molar-refractivity contribution in [1.82, 2.24) is 10.3 Å². The number of amides is 1. The lowest BCUT2D eigenvalue weighted by Gasteiger charge is -2.15. The highest BCUT2D eigenvalue weighted by molar-refractivity contribution is 7.13. The summed E-state index contributed by atoms with van der Waals surface area (Å²) in [7, 11) is 0. The molecule has 0 aliphatic rings. The Morgan fingerprint density at radius 1 is 1.44 bits per heavy atom. The second kappa shape index (κ2) is 5.98. The number of halogens is 1. The number of aryl methyl sites for hydroxylation is 1. The van der Waals surface area contributed by atoms with Crippen molar-refractivity contribution in [2.45, 2.75) is 13.0 Å². The molecule has 1 atom stereocenters. The lowest BCUT2D eigenvalue weighted by atomic mass is 10.1. The van der Waals surface area contributed by atoms with Crippen LogP contribution in [0.5, 0.6) is 0 Å². The Morgan fingerprint density at radius 3 is 2.72 bits per heavy atom. The van der Waals surface area contributed by atoms with E-state index in [0.717, 1.165) is 10.6 Å². The zero-order chi connectivity index (χ0) is 13.0. The SMILES string of the molecule is Cc1ncc(C(=O)NC(CCl)c2ccccc2)s1. The molecule has 0 saturated heterocycles. The first-order valence-electron chi connectivity index (χ1n) is 5.55. The zero-order valence-corrected chi connectivity index (χ0v) is 11.5. The fourth-order valence-electron chi connectivity index (χ4n) is 1.59. The van der Waals surface area contributed by atoms with Crippen molar-refractivity contribution >= 4 is 28.8 Å². The Hall–Kier alpha value is -1.39. The fourth-order valence-corrected chi connectivity index (χ4v) is 2.53. The topological polar surface area (TPSA) is 42.0 Å². The third kappa shape index (κ3) is 3.09. The molecule has 1 N–H and O–H groups in total. The average molecular weight is 281 g/mol. The summed E-state index contributed by atoms with van der Waals surface area (Å²) in [6.07, 6.45) is 1.59. The number of carbonyl (C=O) groups excluding carboxylic acids is 1. The summed E-state index contributed by atoms with van der Waals surface area (Å²) < 4.78 is 0. The summed E-state index contributed by atoms with van der Waals surface area (Å²) in [6.45, 7) is 1.87. The number of benzene rings is 1. The summed E-state index contributed by atoms with van der Waals surface area (Å²) in [6, 6.07) is 9.51. The highest BCUT2D eigenvalue weighted by Gasteiger charge is 2.16. The molecule has 0 saturated carbocycles. The van der Waals surface area contributed by atoms with Gasteiger partial charge in [-0.2, -0.15) is 0 Å². The summed E-state index contributed by atoms with van der Waals surface area (Å²) >= 11 is 7.29. The van der Waals surface area contributed by atoms with Crippen molar-refractivity contribution in [2.24, 2.45) is 0 Å². The molecule has 0 aliphatic carbocycles. The second-order valence-corrected chi connectivity index (χ2v) is 5.38. The number of rotatable bonds is 4. The molecule has 0 aliphatic heterocycles. The van der Waals surface area contributed by atoms with Gasteiger partial charge in [0.15, 0.2) is 0 Å². The molecule has 0 spiro atoms. The lowest BCUT2D eigenvalue weighted by molar-refractivity contribution is 0.0944. The summed E-state index contributed by atoms with van der Waals surface area (Å²) in [4.78, 5) is 16.7. The van der Waals surface area contributed by atoms with E-state index >= 15 is 0 Å². The number of carbonyl (C=O) groups is 1. The minimum Gasteiger partial charge on any atom is -0.343 e. The molecule has 5 heteroatoms. The number of nitrogens with zero attached hydrogens (tertiary/aromatic N) is 1. The van der Waals surface area contributed by atoms with Gasteiger partial charge in [-0.15, -0.1) is 22.9 Å². The molecule has 3 nitrogen and oxygen atoms in total. The van der Waals surface area contributed by atoms with Crippen molar-refractivity contribution in [3.63, 3.8) is 0 Å². The second-order valence-electron chi connectivity index (χ2n) is 3.83. The quantitative estimate of drug-likeness (QED) is 0.874. The molecule has 1 aromatic carbocycles. The van der Waals surface area contributed by atoms with Crippen LogP contribution in [0.15, 0.2) is 36.5 Å². The average Bonchev–Trinajstić information content (AvgIpc) is 2.83. The van der Waals surface area contributed by atoms with E-state index in [9.17, 15) is 4.79 Å². The van der Waals surface area contributed by atoms with Crippen LogP contribution in [0.3, 0.4) is 0 Å². The third-order valence-electron chi connectivity index (χ3n) is 2.51. The molecular formula is C13H13ClN2OS. The predicted octanol–water partition coefficient (Wildman–Crippen LogP) is 3.16. The van der Waals surface area contributed by atoms with Gasteiger partial charge in [0.2, 0.25) is 0 Å². The Balaban J connectivity index is 2.10. The van der Waals surface area contributed by atoms with E-state index in [2.05, 4.69) is 10.3 Å². The molecule has 18 heavy (non-hydrogen) atoms. The predicted molar refractivity (Wildman–Crippen MR) is 74.2 cm³/mol. The largest absolute Gasteiger partial charge is 0.343 e. The van der Waals surface area contributed by atoms with Crippen LogP contribution in [0.4, 0.5) is 0 Å². The van der Waals surface area contributed by atoms with Crippen molar-refractivity contribution < 1.29 is 4.79 Å². The fraction of sp³-hybridized carbons (Fsp3) is 0.231. The normalized spacial score (nSPS) is 12.1. The van der Waals surface area contributed by atoms with Gasteiger partial charge in [0.25, 0.3) is 5.91 Å². The van der Waals surface area contributed by atoms with Crippen molar-refractivity contribution in [1.29, 1.82) is 0 Å². The standard InChI is InChI=1S/C13H13ClN2OS/c1-9-15-8-12(18-9)13(17)16-11(7-14)10-5-3-2-4-6-10/h2-6,8,11H,7H2,1H3,(H,16,17). The first-order chi connectivity index (χ1) is 8.70. The minimum atomic E-state index is -0.178. The Labute approximate surface area is 115 Å². The summed E-state index contributed by atoms with van der Waals surface area (Å²) in [5.74, 6) is 0.211. The highest BCUT2D eigenvalue weighted by Crippen LogP contribution is 2.17. The molecular weight excluding hydrogens is 268 g/mol. The molecule has 0 fully saturated rings. The molecule has 0 bridgehead atoms. The van der Waals surface area contributed by atoms with Crippen LogP contribution in [0.1, 0.15) is 26.3 Å². The molecule has 1 amide bonds. The van der Waals surface area contributed by atoms with Gasteiger partial charge >= 0.3 is 0 Å². The van der Waals surface area contributed by atoms with Crippen LogP contribution in [-0.2, 0) is 0 Å². The van der Waals surface area contributed by atoms with E-state index in [1.165, 1.54) is 11.3 Å². The monoisotopic (exact) mass is 280 g/mol. The maximum atomic E-state index is 12.0. The summed E-state index contributed by atoms with van der Waals surface area (Å²) in [5.41, 5.74) is 1.00. The number of aromatic nitrogens is 1. The molecule has 0 radical (unpaired) electrons. The highest BCUT2D eigenvalue weighted by atomic mass is 35.5. The van der Waals surface area contributed by atoms with Crippen LogP contribution in [0, 0.1) is 6.92 Å². The number of nitrogens with one attached hydrogen (secondary N) is 1. The van der Waals surface area contributed by atoms with Crippen LogP contribution < -0.4 is 5.32 Å². The van der Waals surface area contributed by atoms with Gasteiger partial charge in [0, 0.05) is 5.88 Å². The maximum absolute atomic E-state index is 12.0. The molecule has 2 aromatic rings.